The Hall–Kier alpha value is -0.330. The maximum Gasteiger partial charge on any atom is 0.216 e. The molecule has 1 aromatic rings. The van der Waals surface area contributed by atoms with Gasteiger partial charge in [-0.15, -0.1) is 0 Å². The normalized spacial score (nSPS) is 21.6. The average Bonchev–Trinajstić information content (AvgIpc) is 2.57. The molecule has 0 saturated carbocycles. The summed E-state index contributed by atoms with van der Waals surface area (Å²) < 4.78 is -3.39. The molecule has 1 heterocycles. The molecule has 1 aliphatic rings. The molecule has 0 bridgehead atoms. The van der Waals surface area contributed by atoms with Gasteiger partial charge in [0.1, 0.15) is 11.9 Å². The van der Waals surface area contributed by atoms with Crippen molar-refractivity contribution in [2.24, 2.45) is 0 Å². The van der Waals surface area contributed by atoms with E-state index in [1.54, 1.807) is 0 Å². The van der Waals surface area contributed by atoms with Gasteiger partial charge >= 0.3 is 0 Å². The molecule has 0 spiro atoms. The summed E-state index contributed by atoms with van der Waals surface area (Å²) in [6.45, 7) is 0. The topological polar surface area (TPSA) is 50.7 Å². The molecule has 1 atom stereocenters. The lowest BCUT2D eigenvalue weighted by Gasteiger charge is -2.29. The van der Waals surface area contributed by atoms with Crippen LogP contribution in [0.15, 0.2) is 48.4 Å². The number of aromatic nitrogens is 3. The predicted molar refractivity (Wildman–Crippen MR) is 111 cm³/mol. The number of halogens is 6. The third-order valence-electron chi connectivity index (χ3n) is 3.57. The zero-order valence-electron chi connectivity index (χ0n) is 13.4. The molecule has 0 aromatic carbocycles. The van der Waals surface area contributed by atoms with E-state index >= 15 is 0 Å². The van der Waals surface area contributed by atoms with E-state index in [1.807, 2.05) is 31.4 Å². The van der Waals surface area contributed by atoms with Crippen molar-refractivity contribution in [1.29, 1.82) is 0 Å². The van der Waals surface area contributed by atoms with E-state index in [1.165, 1.54) is 24.6 Å². The highest BCUT2D eigenvalue weighted by molar-refractivity contribution is 6.70. The zero-order chi connectivity index (χ0) is 19.4. The van der Waals surface area contributed by atoms with E-state index in [2.05, 4.69) is 20.3 Å². The highest BCUT2D eigenvalue weighted by Crippen LogP contribution is 2.38. The minimum Gasteiger partial charge on any atom is -0.304 e. The standard InChI is InChI=1S/C16H14Cl6N4/c1-23-14(6-3-2-4-7-14)13-25-10-24-12(26-13)9-11(16(20,21)22)5-8-15(17,18)19/h2-6,8-10,23H,7H2,1H3. The fraction of sp³-hybridized carbons (Fsp3) is 0.312. The quantitative estimate of drug-likeness (QED) is 0.463. The molecule has 0 aliphatic heterocycles. The second-order valence-corrected chi connectivity index (χ2v) is 10.0. The highest BCUT2D eigenvalue weighted by Gasteiger charge is 2.31. The summed E-state index contributed by atoms with van der Waals surface area (Å²) in [6.07, 6.45) is 14.1. The number of hydrogen-bond donors (Lipinski definition) is 1. The van der Waals surface area contributed by atoms with Crippen molar-refractivity contribution in [2.75, 3.05) is 7.05 Å². The van der Waals surface area contributed by atoms with Crippen molar-refractivity contribution in [2.45, 2.75) is 19.5 Å². The summed E-state index contributed by atoms with van der Waals surface area (Å²) in [4.78, 5) is 12.9. The summed E-state index contributed by atoms with van der Waals surface area (Å²) in [6, 6.07) is 0. The molecular formula is C16H14Cl6N4. The Morgan fingerprint density at radius 3 is 2.42 bits per heavy atom. The van der Waals surface area contributed by atoms with Crippen LogP contribution in [0.4, 0.5) is 0 Å². The van der Waals surface area contributed by atoms with Gasteiger partial charge in [-0.2, -0.15) is 0 Å². The van der Waals surface area contributed by atoms with Gasteiger partial charge in [0.05, 0.1) is 0 Å². The number of nitrogens with zero attached hydrogens (tertiary/aromatic N) is 3. The molecule has 4 nitrogen and oxygen atoms in total. The Balaban J connectivity index is 2.44. The number of likely N-dealkylation sites (N-methyl/N-ethyl adjacent to an activating group) is 1. The number of alkyl halides is 6. The van der Waals surface area contributed by atoms with E-state index < -0.39 is 13.1 Å². The molecule has 26 heavy (non-hydrogen) atoms. The Morgan fingerprint density at radius 1 is 1.15 bits per heavy atom. The van der Waals surface area contributed by atoms with Crippen LogP contribution >= 0.6 is 69.6 Å². The van der Waals surface area contributed by atoms with Crippen molar-refractivity contribution >= 4 is 75.7 Å². The second-order valence-electron chi connectivity index (χ2n) is 5.35. The molecule has 2 rings (SSSR count). The first-order chi connectivity index (χ1) is 12.1. The van der Waals surface area contributed by atoms with Crippen molar-refractivity contribution < 1.29 is 0 Å². The first-order valence-corrected chi connectivity index (χ1v) is 9.60. The van der Waals surface area contributed by atoms with Crippen LogP contribution in [0.1, 0.15) is 18.1 Å². The highest BCUT2D eigenvalue weighted by atomic mass is 35.6. The first kappa shape index (κ1) is 22.0. The summed E-state index contributed by atoms with van der Waals surface area (Å²) in [7, 11) is 1.83. The third kappa shape index (κ3) is 6.10. The lowest BCUT2D eigenvalue weighted by molar-refractivity contribution is 0.428. The third-order valence-corrected chi connectivity index (χ3v) is 4.60. The monoisotopic (exact) mass is 472 g/mol. The molecule has 1 aromatic heterocycles. The van der Waals surface area contributed by atoms with E-state index in [-0.39, 0.29) is 5.57 Å². The molecular weight excluding hydrogens is 461 g/mol. The summed E-state index contributed by atoms with van der Waals surface area (Å²) in [5, 5.41) is 3.23. The SMILES string of the molecule is CNC1(c2ncnc(C=C(C=CC(Cl)(Cl)Cl)C(Cl)(Cl)Cl)n2)C=CC=CC1. The van der Waals surface area contributed by atoms with E-state index in [9.17, 15) is 0 Å². The smallest absolute Gasteiger partial charge is 0.216 e. The number of hydrogen-bond acceptors (Lipinski definition) is 4. The molecule has 0 radical (unpaired) electrons. The fourth-order valence-electron chi connectivity index (χ4n) is 2.22. The Kier molecular flexibility index (Phi) is 7.42. The van der Waals surface area contributed by atoms with E-state index in [0.29, 0.717) is 18.1 Å². The van der Waals surface area contributed by atoms with Gasteiger partial charge < -0.3 is 5.32 Å². The Morgan fingerprint density at radius 2 is 1.88 bits per heavy atom. The van der Waals surface area contributed by atoms with E-state index in [0.717, 1.165) is 0 Å². The molecule has 10 heteroatoms. The summed E-state index contributed by atoms with van der Waals surface area (Å²) in [5.41, 5.74) is -0.294. The van der Waals surface area contributed by atoms with Gasteiger partial charge in [0.2, 0.25) is 7.59 Å². The first-order valence-electron chi connectivity index (χ1n) is 7.33. The van der Waals surface area contributed by atoms with Gasteiger partial charge in [-0.05, 0) is 25.6 Å². The molecule has 1 N–H and O–H groups in total. The number of nitrogens with one attached hydrogen (secondary N) is 1. The molecule has 1 aliphatic carbocycles. The minimum absolute atomic E-state index is 0.239. The Labute approximate surface area is 181 Å². The van der Waals surface area contributed by atoms with Gasteiger partial charge in [0, 0.05) is 5.57 Å². The van der Waals surface area contributed by atoms with Gasteiger partial charge in [-0.3, -0.25) is 0 Å². The lowest BCUT2D eigenvalue weighted by atomic mass is 9.90. The van der Waals surface area contributed by atoms with Crippen LogP contribution in [0.2, 0.25) is 0 Å². The maximum atomic E-state index is 6.00. The van der Waals surface area contributed by atoms with Crippen molar-refractivity contribution in [3.63, 3.8) is 0 Å². The van der Waals surface area contributed by atoms with Crippen molar-refractivity contribution in [3.05, 3.63) is 60.0 Å². The average molecular weight is 475 g/mol. The maximum absolute atomic E-state index is 6.00. The van der Waals surface area contributed by atoms with Crippen LogP contribution in [0.3, 0.4) is 0 Å². The van der Waals surface area contributed by atoms with Crippen LogP contribution in [0, 0.1) is 0 Å². The van der Waals surface area contributed by atoms with Crippen LogP contribution in [-0.4, -0.2) is 29.6 Å². The summed E-state index contributed by atoms with van der Waals surface area (Å²) in [5.74, 6) is 0.846. The second kappa shape index (κ2) is 8.78. The predicted octanol–water partition coefficient (Wildman–Crippen LogP) is 5.48. The number of allylic oxidation sites excluding steroid dienone is 5. The molecule has 1 unspecified atom stereocenters. The zero-order valence-corrected chi connectivity index (χ0v) is 18.0. The van der Waals surface area contributed by atoms with Gasteiger partial charge in [0.15, 0.2) is 11.6 Å². The molecule has 0 amide bonds. The largest absolute Gasteiger partial charge is 0.304 e. The van der Waals surface area contributed by atoms with Gasteiger partial charge in [-0.25, -0.2) is 15.0 Å². The van der Waals surface area contributed by atoms with Crippen molar-refractivity contribution in [3.8, 4) is 0 Å². The van der Waals surface area contributed by atoms with E-state index in [4.69, 9.17) is 69.6 Å². The lowest BCUT2D eigenvalue weighted by Crippen LogP contribution is -2.40. The van der Waals surface area contributed by atoms with Crippen LogP contribution in [0.25, 0.3) is 6.08 Å². The number of rotatable bonds is 4. The molecule has 0 saturated heterocycles. The van der Waals surface area contributed by atoms with Gasteiger partial charge in [-0.1, -0.05) is 100.0 Å². The fourth-order valence-corrected chi connectivity index (χ4v) is 2.77. The van der Waals surface area contributed by atoms with Crippen molar-refractivity contribution in [1.82, 2.24) is 20.3 Å². The van der Waals surface area contributed by atoms with Crippen LogP contribution in [0.5, 0.6) is 0 Å². The minimum atomic E-state index is -1.76. The summed E-state index contributed by atoms with van der Waals surface area (Å²) >= 11 is 35.2. The van der Waals surface area contributed by atoms with Gasteiger partial charge in [0.25, 0.3) is 0 Å². The van der Waals surface area contributed by atoms with Crippen LogP contribution < -0.4 is 5.32 Å². The molecule has 0 fully saturated rings. The van der Waals surface area contributed by atoms with Crippen LogP contribution in [-0.2, 0) is 5.54 Å². The molecule has 140 valence electrons. The Bertz CT molecular complexity index is 761.